The van der Waals surface area contributed by atoms with E-state index in [1.807, 2.05) is 0 Å². The average molecular weight is 292 g/mol. The van der Waals surface area contributed by atoms with Crippen molar-refractivity contribution in [3.63, 3.8) is 0 Å². The van der Waals surface area contributed by atoms with E-state index in [0.29, 0.717) is 4.24 Å². The van der Waals surface area contributed by atoms with Crippen LogP contribution < -0.4 is 0 Å². The molecular weight excluding hydrogens is 280 g/mol. The number of thioether (sulfide) groups is 2. The molecule has 0 aromatic heterocycles. The van der Waals surface area contributed by atoms with Gasteiger partial charge in [0.25, 0.3) is 5.78 Å². The second kappa shape index (κ2) is 7.45. The van der Waals surface area contributed by atoms with Crippen molar-refractivity contribution in [3.05, 3.63) is 9.81 Å². The zero-order valence-electron chi connectivity index (χ0n) is 9.89. The summed E-state index contributed by atoms with van der Waals surface area (Å²) < 4.78 is 5.22. The van der Waals surface area contributed by atoms with Gasteiger partial charge in [0.1, 0.15) is 5.57 Å². The molecule has 1 saturated heterocycles. The zero-order valence-corrected chi connectivity index (χ0v) is 11.5. The molecule has 0 saturated carbocycles. The Hall–Kier alpha value is -0.990. The maximum atomic E-state index is 11.8. The predicted molar refractivity (Wildman–Crippen MR) is 66.4 cm³/mol. The van der Waals surface area contributed by atoms with Crippen LogP contribution in [0.1, 0.15) is 13.8 Å². The molecule has 0 radical (unpaired) electrons. The molecule has 0 N–H and O–H groups in total. The second-order valence-corrected chi connectivity index (χ2v) is 5.49. The Morgan fingerprint density at radius 1 is 1.11 bits per heavy atom. The van der Waals surface area contributed by atoms with Crippen LogP contribution in [0.5, 0.6) is 0 Å². The van der Waals surface area contributed by atoms with Crippen molar-refractivity contribution in [1.29, 1.82) is 0 Å². The number of rotatable bonds is 6. The number of Topliss-reactive ketones (excluding diaryl/α,β-unsaturated/α-hetero) is 1. The maximum Gasteiger partial charge on any atom is 0.413 e. The fourth-order valence-corrected chi connectivity index (χ4v) is 2.57. The van der Waals surface area contributed by atoms with E-state index in [0.717, 1.165) is 5.08 Å². The monoisotopic (exact) mass is 292 g/mol. The van der Waals surface area contributed by atoms with Crippen molar-refractivity contribution in [3.8, 4) is 0 Å². The van der Waals surface area contributed by atoms with E-state index < -0.39 is 17.7 Å². The molecule has 6 nitrogen and oxygen atoms in total. The van der Waals surface area contributed by atoms with Crippen LogP contribution in [0.2, 0.25) is 0 Å². The number of esters is 1. The highest BCUT2D eigenvalue weighted by Gasteiger charge is 2.34. The van der Waals surface area contributed by atoms with E-state index in [2.05, 4.69) is 9.78 Å². The first-order valence-electron chi connectivity index (χ1n) is 5.16. The molecule has 1 rings (SSSR count). The third-order valence-electron chi connectivity index (χ3n) is 1.73. The van der Waals surface area contributed by atoms with Crippen LogP contribution in [0.25, 0.3) is 0 Å². The summed E-state index contributed by atoms with van der Waals surface area (Å²) in [5, 5.41) is 0.728. The quantitative estimate of drug-likeness (QED) is 0.138. The Bertz CT molecular complexity index is 384. The first-order valence-corrected chi connectivity index (χ1v) is 7.14. The van der Waals surface area contributed by atoms with Crippen molar-refractivity contribution in [2.75, 3.05) is 18.3 Å². The normalized spacial score (nSPS) is 13.6. The van der Waals surface area contributed by atoms with Crippen LogP contribution >= 0.6 is 23.5 Å². The molecule has 0 aromatic rings. The smallest absolute Gasteiger partial charge is 0.413 e. The molecule has 0 atom stereocenters. The van der Waals surface area contributed by atoms with Crippen LogP contribution in [0.3, 0.4) is 0 Å². The summed E-state index contributed by atoms with van der Waals surface area (Å²) in [5.74, 6) is -3.08. The lowest BCUT2D eigenvalue weighted by Crippen LogP contribution is -2.26. The van der Waals surface area contributed by atoms with E-state index in [4.69, 9.17) is 4.74 Å². The van der Waals surface area contributed by atoms with Crippen LogP contribution in [-0.2, 0) is 28.9 Å². The van der Waals surface area contributed by atoms with Crippen LogP contribution in [0, 0.1) is 0 Å². The van der Waals surface area contributed by atoms with Gasteiger partial charge < -0.3 is 4.74 Å². The second-order valence-electron chi connectivity index (χ2n) is 2.90. The Kier molecular flexibility index (Phi) is 6.23. The van der Waals surface area contributed by atoms with E-state index in [1.54, 1.807) is 13.8 Å². The number of ether oxygens (including phenoxy) is 1. The molecule has 1 aliphatic rings. The Morgan fingerprint density at radius 3 is 2.22 bits per heavy atom. The van der Waals surface area contributed by atoms with Crippen molar-refractivity contribution in [1.82, 2.24) is 0 Å². The van der Waals surface area contributed by atoms with Crippen molar-refractivity contribution < 1.29 is 28.9 Å². The van der Waals surface area contributed by atoms with Crippen LogP contribution in [0.4, 0.5) is 0 Å². The first-order chi connectivity index (χ1) is 8.61. The summed E-state index contributed by atoms with van der Waals surface area (Å²) in [4.78, 5) is 43.3. The van der Waals surface area contributed by atoms with Gasteiger partial charge in [-0.15, -0.1) is 23.5 Å². The fourth-order valence-electron chi connectivity index (χ4n) is 0.987. The molecule has 0 aromatic carbocycles. The van der Waals surface area contributed by atoms with Gasteiger partial charge in [-0.25, -0.2) is 9.59 Å². The van der Waals surface area contributed by atoms with Crippen LogP contribution in [0.15, 0.2) is 9.81 Å². The van der Waals surface area contributed by atoms with Gasteiger partial charge in [0.05, 0.1) is 17.5 Å². The number of carbonyl (C=O) groups excluding carboxylic acids is 3. The minimum Gasteiger partial charge on any atom is -0.462 e. The third-order valence-corrected chi connectivity index (χ3v) is 4.31. The molecular formula is C10H12O6S2. The lowest BCUT2D eigenvalue weighted by atomic mass is 10.2. The molecule has 1 aliphatic heterocycles. The molecule has 1 fully saturated rings. The van der Waals surface area contributed by atoms with Gasteiger partial charge in [0, 0.05) is 5.08 Å². The summed E-state index contributed by atoms with van der Waals surface area (Å²) in [6.07, 6.45) is 0. The van der Waals surface area contributed by atoms with Crippen LogP contribution in [-0.4, -0.2) is 36.0 Å². The van der Waals surface area contributed by atoms with Gasteiger partial charge in [-0.3, -0.25) is 9.68 Å². The maximum absolute atomic E-state index is 11.8. The number of ketones is 1. The molecule has 0 aliphatic carbocycles. The van der Waals surface area contributed by atoms with Gasteiger partial charge in [-0.2, -0.15) is 4.89 Å². The van der Waals surface area contributed by atoms with Crippen molar-refractivity contribution in [2.24, 2.45) is 0 Å². The third kappa shape index (κ3) is 3.76. The van der Waals surface area contributed by atoms with E-state index in [1.165, 1.54) is 23.5 Å². The van der Waals surface area contributed by atoms with E-state index in [9.17, 15) is 14.4 Å². The Morgan fingerprint density at radius 2 is 1.78 bits per heavy atom. The largest absolute Gasteiger partial charge is 0.462 e. The molecule has 0 unspecified atom stereocenters. The molecule has 8 heteroatoms. The van der Waals surface area contributed by atoms with Gasteiger partial charge >= 0.3 is 11.9 Å². The summed E-state index contributed by atoms with van der Waals surface area (Å²) in [6.45, 7) is 3.46. The van der Waals surface area contributed by atoms with Gasteiger partial charge in [0.2, 0.25) is 0 Å². The minimum absolute atomic E-state index is 0.119. The highest BCUT2D eigenvalue weighted by molar-refractivity contribution is 8.37. The van der Waals surface area contributed by atoms with Crippen molar-refractivity contribution in [2.45, 2.75) is 13.8 Å². The topological polar surface area (TPSA) is 78.9 Å². The molecule has 1 heterocycles. The average Bonchev–Trinajstić information content (AvgIpc) is 2.29. The Labute approximate surface area is 112 Å². The molecule has 18 heavy (non-hydrogen) atoms. The lowest BCUT2D eigenvalue weighted by Gasteiger charge is -2.18. The molecule has 0 bridgehead atoms. The molecule has 0 amide bonds. The van der Waals surface area contributed by atoms with E-state index >= 15 is 0 Å². The zero-order chi connectivity index (χ0) is 13.5. The van der Waals surface area contributed by atoms with E-state index in [-0.39, 0.29) is 18.8 Å². The van der Waals surface area contributed by atoms with Crippen molar-refractivity contribution >= 4 is 41.2 Å². The highest BCUT2D eigenvalue weighted by Crippen LogP contribution is 2.45. The number of hydrogen-bond acceptors (Lipinski definition) is 8. The Balaban J connectivity index is 2.81. The van der Waals surface area contributed by atoms with Gasteiger partial charge in [-0.05, 0) is 13.8 Å². The standard InChI is InChI=1S/C10H12O6S2/c1-3-14-8(12)6(10-17-5-18-10)7(11)9(13)16-15-4-2/h3-5H2,1-2H3. The van der Waals surface area contributed by atoms with Gasteiger partial charge in [0.15, 0.2) is 0 Å². The predicted octanol–water partition coefficient (Wildman–Crippen LogP) is 1.26. The summed E-state index contributed by atoms with van der Waals surface area (Å²) in [7, 11) is 0. The number of carbonyl (C=O) groups is 3. The van der Waals surface area contributed by atoms with Gasteiger partial charge in [-0.1, -0.05) is 0 Å². The molecule has 0 spiro atoms. The first kappa shape index (κ1) is 15.1. The highest BCUT2D eigenvalue weighted by atomic mass is 32.3. The SMILES string of the molecule is CCOOC(=O)C(=O)C(C(=O)OCC)=C1SCS1. The number of hydrogen-bond donors (Lipinski definition) is 0. The minimum atomic E-state index is -1.22. The lowest BCUT2D eigenvalue weighted by molar-refractivity contribution is -0.266. The molecule has 100 valence electrons. The fraction of sp³-hybridized carbons (Fsp3) is 0.500. The summed E-state index contributed by atoms with van der Waals surface area (Å²) in [6, 6.07) is 0. The summed E-state index contributed by atoms with van der Waals surface area (Å²) in [5.41, 5.74) is -0.275. The summed E-state index contributed by atoms with van der Waals surface area (Å²) >= 11 is 2.62.